The van der Waals surface area contributed by atoms with E-state index in [1.165, 1.54) is 22.2 Å². The fourth-order valence-corrected chi connectivity index (χ4v) is 4.73. The Morgan fingerprint density at radius 1 is 1.13 bits per heavy atom. The lowest BCUT2D eigenvalue weighted by atomic mass is 10.2. The number of anilines is 1. The maximum Gasteiger partial charge on any atom is 0.141 e. The minimum atomic E-state index is 1.05. The Kier molecular flexibility index (Phi) is 4.29. The third kappa shape index (κ3) is 3.11. The van der Waals surface area contributed by atoms with Crippen LogP contribution < -0.4 is 4.90 Å². The van der Waals surface area contributed by atoms with Gasteiger partial charge in [-0.1, -0.05) is 6.07 Å². The number of aromatic nitrogens is 2. The van der Waals surface area contributed by atoms with Gasteiger partial charge in [-0.2, -0.15) is 0 Å². The third-order valence-electron chi connectivity index (χ3n) is 4.46. The molecule has 3 aromatic rings. The van der Waals surface area contributed by atoms with E-state index in [0.717, 1.165) is 43.4 Å². The van der Waals surface area contributed by atoms with Crippen LogP contribution in [-0.2, 0) is 6.42 Å². The molecular formula is C17H20N4S2. The number of fused-ring (bicyclic) bond motifs is 1. The standard InChI is InChI=1S/C17H20N4S2/c1-13-11-23-17-15(13)16(18-12-19-17)21-8-6-20(7-9-21)5-4-14-3-2-10-22-14/h2-3,10-12H,4-9H2,1H3. The molecule has 0 bridgehead atoms. The molecule has 0 radical (unpaired) electrons. The predicted molar refractivity (Wildman–Crippen MR) is 98.8 cm³/mol. The summed E-state index contributed by atoms with van der Waals surface area (Å²) in [5.74, 6) is 1.12. The Bertz CT molecular complexity index is 773. The highest BCUT2D eigenvalue weighted by molar-refractivity contribution is 7.17. The van der Waals surface area contributed by atoms with Crippen molar-refractivity contribution in [1.29, 1.82) is 0 Å². The van der Waals surface area contributed by atoms with E-state index in [-0.39, 0.29) is 0 Å². The highest BCUT2D eigenvalue weighted by Gasteiger charge is 2.21. The van der Waals surface area contributed by atoms with Gasteiger partial charge in [0.05, 0.1) is 5.39 Å². The molecule has 0 saturated carbocycles. The van der Waals surface area contributed by atoms with E-state index in [1.54, 1.807) is 17.7 Å². The average Bonchev–Trinajstić information content (AvgIpc) is 3.24. The molecular weight excluding hydrogens is 324 g/mol. The maximum atomic E-state index is 4.58. The predicted octanol–water partition coefficient (Wildman–Crippen LogP) is 3.43. The van der Waals surface area contributed by atoms with E-state index in [4.69, 9.17) is 0 Å². The number of aryl methyl sites for hydroxylation is 1. The summed E-state index contributed by atoms with van der Waals surface area (Å²) in [5.41, 5.74) is 1.29. The van der Waals surface area contributed by atoms with Crippen LogP contribution in [0.1, 0.15) is 10.4 Å². The van der Waals surface area contributed by atoms with Gasteiger partial charge in [-0.05, 0) is 35.7 Å². The lowest BCUT2D eigenvalue weighted by Gasteiger charge is -2.35. The lowest BCUT2D eigenvalue weighted by molar-refractivity contribution is 0.261. The van der Waals surface area contributed by atoms with Gasteiger partial charge in [-0.25, -0.2) is 9.97 Å². The number of nitrogens with zero attached hydrogens (tertiary/aromatic N) is 4. The minimum absolute atomic E-state index is 1.05. The smallest absolute Gasteiger partial charge is 0.141 e. The molecule has 120 valence electrons. The van der Waals surface area contributed by atoms with Crippen molar-refractivity contribution in [2.24, 2.45) is 0 Å². The molecule has 1 aliphatic rings. The molecule has 3 aromatic heterocycles. The molecule has 6 heteroatoms. The Morgan fingerprint density at radius 3 is 2.78 bits per heavy atom. The molecule has 1 fully saturated rings. The molecule has 1 saturated heterocycles. The SMILES string of the molecule is Cc1csc2ncnc(N3CCN(CCc4cccs4)CC3)c12. The van der Waals surface area contributed by atoms with Gasteiger partial charge in [0.15, 0.2) is 0 Å². The zero-order valence-corrected chi connectivity index (χ0v) is 14.9. The molecule has 0 unspecified atom stereocenters. The monoisotopic (exact) mass is 344 g/mol. The summed E-state index contributed by atoms with van der Waals surface area (Å²) in [6.45, 7) is 7.63. The fourth-order valence-electron chi connectivity index (χ4n) is 3.14. The van der Waals surface area contributed by atoms with Crippen molar-refractivity contribution in [1.82, 2.24) is 14.9 Å². The van der Waals surface area contributed by atoms with Crippen molar-refractivity contribution in [2.45, 2.75) is 13.3 Å². The van der Waals surface area contributed by atoms with Crippen LogP contribution in [0.2, 0.25) is 0 Å². The average molecular weight is 345 g/mol. The normalized spacial score (nSPS) is 16.3. The molecule has 0 atom stereocenters. The summed E-state index contributed by atoms with van der Waals surface area (Å²) in [6.07, 6.45) is 2.87. The minimum Gasteiger partial charge on any atom is -0.353 e. The Morgan fingerprint density at radius 2 is 2.00 bits per heavy atom. The van der Waals surface area contributed by atoms with Gasteiger partial charge in [-0.3, -0.25) is 4.90 Å². The van der Waals surface area contributed by atoms with E-state index < -0.39 is 0 Å². The Labute approximate surface area is 144 Å². The van der Waals surface area contributed by atoms with Crippen LogP contribution >= 0.6 is 22.7 Å². The van der Waals surface area contributed by atoms with Crippen LogP contribution in [0.3, 0.4) is 0 Å². The van der Waals surface area contributed by atoms with Gasteiger partial charge in [0, 0.05) is 37.6 Å². The summed E-state index contributed by atoms with van der Waals surface area (Å²) in [5, 5.41) is 5.58. The summed E-state index contributed by atoms with van der Waals surface area (Å²) >= 11 is 3.57. The lowest BCUT2D eigenvalue weighted by Crippen LogP contribution is -2.47. The fraction of sp³-hybridized carbons (Fsp3) is 0.412. The van der Waals surface area contributed by atoms with E-state index >= 15 is 0 Å². The molecule has 0 N–H and O–H groups in total. The Hall–Kier alpha value is -1.50. The first kappa shape index (κ1) is 15.1. The number of piperazine rings is 1. The van der Waals surface area contributed by atoms with E-state index in [2.05, 4.69) is 49.6 Å². The van der Waals surface area contributed by atoms with Crippen molar-refractivity contribution < 1.29 is 0 Å². The van der Waals surface area contributed by atoms with Gasteiger partial charge < -0.3 is 4.90 Å². The second-order valence-corrected chi connectivity index (χ2v) is 7.84. The second-order valence-electron chi connectivity index (χ2n) is 5.95. The number of hydrogen-bond acceptors (Lipinski definition) is 6. The first-order valence-electron chi connectivity index (χ1n) is 8.00. The zero-order chi connectivity index (χ0) is 15.6. The van der Waals surface area contributed by atoms with Crippen LogP contribution in [-0.4, -0.2) is 47.6 Å². The van der Waals surface area contributed by atoms with Crippen LogP contribution in [0.5, 0.6) is 0 Å². The van der Waals surface area contributed by atoms with Gasteiger partial charge in [0.2, 0.25) is 0 Å². The molecule has 4 rings (SSSR count). The molecule has 4 nitrogen and oxygen atoms in total. The van der Waals surface area contributed by atoms with Crippen molar-refractivity contribution >= 4 is 38.7 Å². The molecule has 0 spiro atoms. The summed E-state index contributed by atoms with van der Waals surface area (Å²) in [6, 6.07) is 4.37. The topological polar surface area (TPSA) is 32.3 Å². The Balaban J connectivity index is 1.41. The molecule has 0 aromatic carbocycles. The summed E-state index contributed by atoms with van der Waals surface area (Å²) < 4.78 is 0. The van der Waals surface area contributed by atoms with Crippen molar-refractivity contribution in [3.8, 4) is 0 Å². The van der Waals surface area contributed by atoms with E-state index in [9.17, 15) is 0 Å². The number of thiophene rings is 2. The largest absolute Gasteiger partial charge is 0.353 e. The van der Waals surface area contributed by atoms with Gasteiger partial charge in [0.1, 0.15) is 17.0 Å². The van der Waals surface area contributed by atoms with Gasteiger partial charge in [0.25, 0.3) is 0 Å². The number of rotatable bonds is 4. The molecule has 1 aliphatic heterocycles. The number of hydrogen-bond donors (Lipinski definition) is 0. The van der Waals surface area contributed by atoms with Crippen LogP contribution in [0, 0.1) is 6.92 Å². The van der Waals surface area contributed by atoms with E-state index in [0.29, 0.717) is 0 Å². The summed E-state index contributed by atoms with van der Waals surface area (Å²) in [7, 11) is 0. The van der Waals surface area contributed by atoms with Gasteiger partial charge in [-0.15, -0.1) is 22.7 Å². The first-order valence-corrected chi connectivity index (χ1v) is 9.75. The van der Waals surface area contributed by atoms with Crippen LogP contribution in [0.25, 0.3) is 10.2 Å². The molecule has 4 heterocycles. The zero-order valence-electron chi connectivity index (χ0n) is 13.2. The second kappa shape index (κ2) is 6.55. The van der Waals surface area contributed by atoms with Crippen molar-refractivity contribution in [3.05, 3.63) is 39.7 Å². The van der Waals surface area contributed by atoms with E-state index in [1.807, 2.05) is 11.3 Å². The van der Waals surface area contributed by atoms with Crippen molar-refractivity contribution in [2.75, 3.05) is 37.6 Å². The maximum absolute atomic E-state index is 4.58. The highest BCUT2D eigenvalue weighted by atomic mass is 32.1. The van der Waals surface area contributed by atoms with Crippen LogP contribution in [0.15, 0.2) is 29.2 Å². The highest BCUT2D eigenvalue weighted by Crippen LogP contribution is 2.31. The first-order chi connectivity index (χ1) is 11.3. The van der Waals surface area contributed by atoms with Gasteiger partial charge >= 0.3 is 0 Å². The van der Waals surface area contributed by atoms with Crippen LogP contribution in [0.4, 0.5) is 5.82 Å². The quantitative estimate of drug-likeness (QED) is 0.726. The van der Waals surface area contributed by atoms with Crippen molar-refractivity contribution in [3.63, 3.8) is 0 Å². The third-order valence-corrected chi connectivity index (χ3v) is 6.40. The molecule has 0 aliphatic carbocycles. The summed E-state index contributed by atoms with van der Waals surface area (Å²) in [4.78, 5) is 16.6. The molecule has 0 amide bonds. The molecule has 23 heavy (non-hydrogen) atoms.